The fourth-order valence-electron chi connectivity index (χ4n) is 1.67. The minimum absolute atomic E-state index is 0.294. The van der Waals surface area contributed by atoms with E-state index in [1.807, 2.05) is 0 Å². The van der Waals surface area contributed by atoms with Crippen molar-refractivity contribution in [2.75, 3.05) is 45.8 Å². The highest BCUT2D eigenvalue weighted by atomic mass is 35.5. The number of rotatable bonds is 7. The van der Waals surface area contributed by atoms with E-state index in [2.05, 4.69) is 5.32 Å². The maximum Gasteiger partial charge on any atom is 0.313 e. The Morgan fingerprint density at radius 2 is 1.55 bits per heavy atom. The van der Waals surface area contributed by atoms with Crippen LogP contribution in [0.2, 0.25) is 10.0 Å². The predicted octanol–water partition coefficient (Wildman–Crippen LogP) is 2.05. The molecule has 1 aromatic rings. The van der Waals surface area contributed by atoms with Crippen LogP contribution in [-0.4, -0.2) is 57.2 Å². The van der Waals surface area contributed by atoms with Crippen LogP contribution in [0.15, 0.2) is 18.2 Å². The highest BCUT2D eigenvalue weighted by Gasteiger charge is 2.21. The van der Waals surface area contributed by atoms with Crippen molar-refractivity contribution in [1.29, 1.82) is 0 Å². The number of hydrogen-bond donors (Lipinski definition) is 1. The lowest BCUT2D eigenvalue weighted by molar-refractivity contribution is -0.144. The lowest BCUT2D eigenvalue weighted by atomic mass is 10.3. The van der Waals surface area contributed by atoms with E-state index >= 15 is 0 Å². The smallest absolute Gasteiger partial charge is 0.313 e. The second-order valence-electron chi connectivity index (χ2n) is 4.39. The molecule has 0 atom stereocenters. The van der Waals surface area contributed by atoms with Gasteiger partial charge in [-0.05, 0) is 18.2 Å². The van der Waals surface area contributed by atoms with Gasteiger partial charge in [-0.25, -0.2) is 0 Å². The van der Waals surface area contributed by atoms with E-state index in [9.17, 15) is 9.59 Å². The monoisotopic (exact) mass is 348 g/mol. The minimum Gasteiger partial charge on any atom is -0.383 e. The molecule has 0 heterocycles. The van der Waals surface area contributed by atoms with Crippen molar-refractivity contribution in [3.05, 3.63) is 28.2 Å². The molecule has 1 aromatic carbocycles. The van der Waals surface area contributed by atoms with Crippen LogP contribution >= 0.6 is 23.2 Å². The molecular weight excluding hydrogens is 331 g/mol. The Morgan fingerprint density at radius 1 is 1.05 bits per heavy atom. The summed E-state index contributed by atoms with van der Waals surface area (Å²) in [5, 5.41) is 3.21. The van der Waals surface area contributed by atoms with Crippen molar-refractivity contribution in [3.63, 3.8) is 0 Å². The Bertz CT molecular complexity index is 497. The van der Waals surface area contributed by atoms with Crippen molar-refractivity contribution in [2.45, 2.75) is 0 Å². The Labute approximate surface area is 139 Å². The zero-order valence-electron chi connectivity index (χ0n) is 12.4. The molecule has 0 aromatic heterocycles. The summed E-state index contributed by atoms with van der Waals surface area (Å²) in [4.78, 5) is 25.6. The van der Waals surface area contributed by atoms with Gasteiger partial charge in [-0.3, -0.25) is 9.59 Å². The van der Waals surface area contributed by atoms with E-state index in [1.54, 1.807) is 0 Å². The largest absolute Gasteiger partial charge is 0.383 e. The third-order valence-electron chi connectivity index (χ3n) is 2.73. The van der Waals surface area contributed by atoms with Crippen LogP contribution in [0.25, 0.3) is 0 Å². The minimum atomic E-state index is -0.773. The van der Waals surface area contributed by atoms with Gasteiger partial charge in [0.2, 0.25) is 0 Å². The van der Waals surface area contributed by atoms with Crippen molar-refractivity contribution in [1.82, 2.24) is 4.90 Å². The SMILES string of the molecule is COCCN(CCOC)C(=O)C(=O)Nc1cc(Cl)cc(Cl)c1. The van der Waals surface area contributed by atoms with Gasteiger partial charge in [-0.2, -0.15) is 0 Å². The number of benzene rings is 1. The summed E-state index contributed by atoms with van der Waals surface area (Å²) in [6.07, 6.45) is 0. The molecule has 0 unspecified atom stereocenters. The predicted molar refractivity (Wildman–Crippen MR) is 85.4 cm³/mol. The number of anilines is 1. The number of carbonyl (C=O) groups is 2. The molecule has 0 aliphatic heterocycles. The van der Waals surface area contributed by atoms with Crippen molar-refractivity contribution in [2.24, 2.45) is 0 Å². The molecule has 1 rings (SSSR count). The quantitative estimate of drug-likeness (QED) is 0.765. The molecule has 8 heteroatoms. The van der Waals surface area contributed by atoms with Gasteiger partial charge >= 0.3 is 11.8 Å². The van der Waals surface area contributed by atoms with Gasteiger partial charge in [0, 0.05) is 43.0 Å². The van der Waals surface area contributed by atoms with E-state index in [1.165, 1.54) is 37.3 Å². The van der Waals surface area contributed by atoms with Gasteiger partial charge in [-0.15, -0.1) is 0 Å². The lowest BCUT2D eigenvalue weighted by Crippen LogP contribution is -2.43. The van der Waals surface area contributed by atoms with Crippen molar-refractivity contribution in [3.8, 4) is 0 Å². The van der Waals surface area contributed by atoms with Gasteiger partial charge in [0.1, 0.15) is 0 Å². The van der Waals surface area contributed by atoms with Crippen LogP contribution in [-0.2, 0) is 19.1 Å². The lowest BCUT2D eigenvalue weighted by Gasteiger charge is -2.21. The molecule has 0 spiro atoms. The highest BCUT2D eigenvalue weighted by Crippen LogP contribution is 2.22. The third kappa shape index (κ3) is 6.19. The standard InChI is InChI=1S/C14H18Cl2N2O4/c1-21-5-3-18(4-6-22-2)14(20)13(19)17-12-8-10(15)7-11(16)9-12/h7-9H,3-6H2,1-2H3,(H,17,19). The number of carbonyl (C=O) groups excluding carboxylic acids is 2. The molecule has 0 aliphatic rings. The van der Waals surface area contributed by atoms with Gasteiger partial charge < -0.3 is 19.7 Å². The zero-order valence-corrected chi connectivity index (χ0v) is 13.9. The molecule has 22 heavy (non-hydrogen) atoms. The normalized spacial score (nSPS) is 10.4. The maximum atomic E-state index is 12.2. The first-order chi connectivity index (χ1) is 10.5. The number of nitrogens with zero attached hydrogens (tertiary/aromatic N) is 1. The van der Waals surface area contributed by atoms with Gasteiger partial charge in [0.15, 0.2) is 0 Å². The van der Waals surface area contributed by atoms with Crippen LogP contribution in [0.4, 0.5) is 5.69 Å². The fraction of sp³-hybridized carbons (Fsp3) is 0.429. The van der Waals surface area contributed by atoms with Crippen LogP contribution in [0, 0.1) is 0 Å². The summed E-state index contributed by atoms with van der Waals surface area (Å²) < 4.78 is 9.86. The van der Waals surface area contributed by atoms with E-state index in [0.29, 0.717) is 42.0 Å². The summed E-state index contributed by atoms with van der Waals surface area (Å²) in [5.74, 6) is -1.45. The van der Waals surface area contributed by atoms with Crippen LogP contribution in [0.5, 0.6) is 0 Å². The molecule has 0 saturated heterocycles. The van der Waals surface area contributed by atoms with Gasteiger partial charge in [0.05, 0.1) is 13.2 Å². The van der Waals surface area contributed by atoms with E-state index < -0.39 is 11.8 Å². The molecule has 122 valence electrons. The summed E-state index contributed by atoms with van der Waals surface area (Å²) in [7, 11) is 3.04. The summed E-state index contributed by atoms with van der Waals surface area (Å²) in [5.41, 5.74) is 0.356. The first-order valence-electron chi connectivity index (χ1n) is 6.52. The summed E-state index contributed by atoms with van der Waals surface area (Å²) in [6, 6.07) is 4.55. The molecule has 1 N–H and O–H groups in total. The van der Waals surface area contributed by atoms with Gasteiger partial charge in [0.25, 0.3) is 0 Å². The number of methoxy groups -OCH3 is 2. The van der Waals surface area contributed by atoms with E-state index in [-0.39, 0.29) is 0 Å². The Kier molecular flexibility index (Phi) is 8.19. The Morgan fingerprint density at radius 3 is 2.00 bits per heavy atom. The molecule has 0 aliphatic carbocycles. The number of amides is 2. The average Bonchev–Trinajstić information content (AvgIpc) is 2.45. The topological polar surface area (TPSA) is 67.9 Å². The zero-order chi connectivity index (χ0) is 16.5. The third-order valence-corrected chi connectivity index (χ3v) is 3.17. The second kappa shape index (κ2) is 9.63. The van der Waals surface area contributed by atoms with E-state index in [4.69, 9.17) is 32.7 Å². The summed E-state index contributed by atoms with van der Waals surface area (Å²) >= 11 is 11.7. The summed E-state index contributed by atoms with van der Waals surface area (Å²) in [6.45, 7) is 1.24. The Balaban J connectivity index is 2.72. The highest BCUT2D eigenvalue weighted by molar-refractivity contribution is 6.40. The molecule has 0 radical (unpaired) electrons. The van der Waals surface area contributed by atoms with Crippen LogP contribution in [0.3, 0.4) is 0 Å². The number of ether oxygens (including phenoxy) is 2. The van der Waals surface area contributed by atoms with E-state index in [0.717, 1.165) is 0 Å². The van der Waals surface area contributed by atoms with Crippen LogP contribution in [0.1, 0.15) is 0 Å². The number of hydrogen-bond acceptors (Lipinski definition) is 4. The van der Waals surface area contributed by atoms with Gasteiger partial charge in [-0.1, -0.05) is 23.2 Å². The maximum absolute atomic E-state index is 12.2. The fourth-order valence-corrected chi connectivity index (χ4v) is 2.20. The first kappa shape index (κ1) is 18.7. The average molecular weight is 349 g/mol. The Hall–Kier alpha value is -1.34. The first-order valence-corrected chi connectivity index (χ1v) is 7.27. The molecular formula is C14H18Cl2N2O4. The molecule has 2 amide bonds. The molecule has 0 fully saturated rings. The van der Waals surface area contributed by atoms with Crippen LogP contribution < -0.4 is 5.32 Å². The second-order valence-corrected chi connectivity index (χ2v) is 5.26. The van der Waals surface area contributed by atoms with Crippen molar-refractivity contribution < 1.29 is 19.1 Å². The van der Waals surface area contributed by atoms with Crippen molar-refractivity contribution >= 4 is 40.7 Å². The molecule has 0 bridgehead atoms. The number of halogens is 2. The molecule has 0 saturated carbocycles. The molecule has 6 nitrogen and oxygen atoms in total. The number of nitrogens with one attached hydrogen (secondary N) is 1.